The molecule has 0 atom stereocenters. The maximum Gasteiger partial charge on any atom is 0.0754 e. The minimum Gasteiger partial charge on any atom is -0.309 e. The molecule has 1 aliphatic heterocycles. The summed E-state index contributed by atoms with van der Waals surface area (Å²) in [7, 11) is 0. The molecule has 352 valence electrons. The Morgan fingerprint density at radius 3 is 1.37 bits per heavy atom. The van der Waals surface area contributed by atoms with Crippen molar-refractivity contribution in [3.63, 3.8) is 0 Å². The predicted molar refractivity (Wildman–Crippen MR) is 313 cm³/mol. The number of hydrogen-bond acceptors (Lipinski definition) is 1. The van der Waals surface area contributed by atoms with Crippen LogP contribution in [-0.4, -0.2) is 4.57 Å². The van der Waals surface area contributed by atoms with Crippen molar-refractivity contribution in [2.75, 3.05) is 4.90 Å². The van der Waals surface area contributed by atoms with Gasteiger partial charge in [-0.3, -0.25) is 0 Å². The fourth-order valence-electron chi connectivity index (χ4n) is 14.9. The average molecular weight is 963 g/mol. The summed E-state index contributed by atoms with van der Waals surface area (Å²) in [6, 6.07) is 105. The van der Waals surface area contributed by atoms with Crippen LogP contribution >= 0.6 is 0 Å². The molecular weight excluding hydrogens is 917 g/mol. The van der Waals surface area contributed by atoms with Crippen molar-refractivity contribution in [2.45, 2.75) is 10.8 Å². The molecule has 0 unspecified atom stereocenters. The van der Waals surface area contributed by atoms with Gasteiger partial charge in [0.1, 0.15) is 0 Å². The Bertz CT molecular complexity index is 4520. The van der Waals surface area contributed by atoms with Crippen LogP contribution in [0.2, 0.25) is 0 Å². The summed E-state index contributed by atoms with van der Waals surface area (Å²) in [6.45, 7) is 0. The second kappa shape index (κ2) is 15.4. The summed E-state index contributed by atoms with van der Waals surface area (Å²) < 4.78 is 2.57. The molecule has 0 radical (unpaired) electrons. The van der Waals surface area contributed by atoms with Crippen molar-refractivity contribution < 1.29 is 0 Å². The highest BCUT2D eigenvalue weighted by atomic mass is 15.2. The molecule has 3 aliphatic carbocycles. The molecule has 0 bridgehead atoms. The molecule has 0 amide bonds. The smallest absolute Gasteiger partial charge is 0.0754 e. The van der Waals surface area contributed by atoms with E-state index in [1.165, 1.54) is 122 Å². The number of rotatable bonds is 5. The molecular formula is C74H46N2. The number of para-hydroxylation sites is 3. The number of benzene rings is 12. The van der Waals surface area contributed by atoms with Gasteiger partial charge in [-0.15, -0.1) is 0 Å². The summed E-state index contributed by atoms with van der Waals surface area (Å²) >= 11 is 0. The maximum atomic E-state index is 2.59. The number of aromatic nitrogens is 1. The molecule has 2 spiro atoms. The van der Waals surface area contributed by atoms with Crippen molar-refractivity contribution in [2.24, 2.45) is 0 Å². The summed E-state index contributed by atoms with van der Waals surface area (Å²) in [5.41, 5.74) is 29.1. The first-order valence-corrected chi connectivity index (χ1v) is 26.6. The molecule has 0 saturated carbocycles. The quantitative estimate of drug-likeness (QED) is 0.167. The van der Waals surface area contributed by atoms with Crippen molar-refractivity contribution in [3.8, 4) is 61.3 Å². The lowest BCUT2D eigenvalue weighted by atomic mass is 9.65. The van der Waals surface area contributed by atoms with E-state index in [2.05, 4.69) is 289 Å². The highest BCUT2D eigenvalue weighted by Gasteiger charge is 2.53. The van der Waals surface area contributed by atoms with Gasteiger partial charge in [-0.1, -0.05) is 243 Å². The van der Waals surface area contributed by atoms with Crippen LogP contribution in [0.15, 0.2) is 279 Å². The fraction of sp³-hybridized carbons (Fsp3) is 0.0270. The van der Waals surface area contributed by atoms with Gasteiger partial charge in [0.2, 0.25) is 0 Å². The third-order valence-electron chi connectivity index (χ3n) is 17.6. The van der Waals surface area contributed by atoms with E-state index in [1.54, 1.807) is 0 Å². The molecule has 0 N–H and O–H groups in total. The number of fused-ring (bicyclic) bond motifs is 22. The van der Waals surface area contributed by atoms with Crippen LogP contribution in [0.25, 0.3) is 83.1 Å². The first-order chi connectivity index (χ1) is 37.8. The second-order valence-corrected chi connectivity index (χ2v) is 20.9. The summed E-state index contributed by atoms with van der Waals surface area (Å²) in [4.78, 5) is 2.59. The third-order valence-corrected chi connectivity index (χ3v) is 17.6. The third kappa shape index (κ3) is 5.16. The Morgan fingerprint density at radius 2 is 0.724 bits per heavy atom. The van der Waals surface area contributed by atoms with E-state index in [-0.39, 0.29) is 0 Å². The Kier molecular flexibility index (Phi) is 8.44. The van der Waals surface area contributed by atoms with Gasteiger partial charge in [0, 0.05) is 27.6 Å². The standard InChI is InChI=1S/C74H46N2/c1-2-22-47(23-3-1)49-24-4-5-25-50(49)55-30-11-18-41-67(55)75(70-43-21-39-65-71(70)57-31-10-16-37-63(57)73(65)59-33-12-6-26-51(59)52-27-7-13-34-60(52)73)48-44-45-68-58(46-48)56-32-20-40-66-72(56)76(68)69-42-19-17-38-64(69)74(66)61-35-14-8-28-53(61)54-29-9-15-36-62(54)74/h1-46H. The van der Waals surface area contributed by atoms with Gasteiger partial charge in [-0.25, -0.2) is 0 Å². The van der Waals surface area contributed by atoms with E-state index in [1.807, 2.05) is 0 Å². The average Bonchev–Trinajstić information content (AvgIpc) is 3.70. The molecule has 4 aliphatic rings. The monoisotopic (exact) mass is 962 g/mol. The van der Waals surface area contributed by atoms with Crippen LogP contribution in [0.3, 0.4) is 0 Å². The Balaban J connectivity index is 0.972. The topological polar surface area (TPSA) is 8.17 Å². The van der Waals surface area contributed by atoms with Crippen molar-refractivity contribution in [3.05, 3.63) is 324 Å². The van der Waals surface area contributed by atoms with Crippen molar-refractivity contribution in [1.82, 2.24) is 4.57 Å². The molecule has 2 nitrogen and oxygen atoms in total. The highest BCUT2D eigenvalue weighted by molar-refractivity contribution is 6.15. The molecule has 76 heavy (non-hydrogen) atoms. The van der Waals surface area contributed by atoms with Gasteiger partial charge >= 0.3 is 0 Å². The Hall–Kier alpha value is -9.76. The van der Waals surface area contributed by atoms with Gasteiger partial charge in [0.05, 0.1) is 38.9 Å². The SMILES string of the molecule is c1ccc(-c2ccccc2-c2ccccc2N(c2ccc3c(c2)c2cccc4c2n3-c2ccccc2C42c3ccccc3-c3ccccc32)c2cccc3c2-c2ccccc2C32c3ccccc3-c3ccccc32)cc1. The van der Waals surface area contributed by atoms with E-state index in [0.29, 0.717) is 0 Å². The molecule has 0 fully saturated rings. The maximum absolute atomic E-state index is 2.59. The van der Waals surface area contributed by atoms with E-state index in [4.69, 9.17) is 0 Å². The van der Waals surface area contributed by atoms with Crippen LogP contribution < -0.4 is 4.90 Å². The lowest BCUT2D eigenvalue weighted by Crippen LogP contribution is -2.33. The minimum atomic E-state index is -0.496. The second-order valence-electron chi connectivity index (χ2n) is 20.9. The lowest BCUT2D eigenvalue weighted by molar-refractivity contribution is 0.748. The first kappa shape index (κ1) is 41.7. The van der Waals surface area contributed by atoms with Gasteiger partial charge in [0.15, 0.2) is 0 Å². The Labute approximate surface area is 441 Å². The molecule has 13 aromatic rings. The van der Waals surface area contributed by atoms with E-state index in [9.17, 15) is 0 Å². The van der Waals surface area contributed by atoms with Gasteiger partial charge < -0.3 is 9.47 Å². The molecule has 2 heteroatoms. The number of anilines is 3. The number of nitrogens with zero attached hydrogens (tertiary/aromatic N) is 2. The largest absolute Gasteiger partial charge is 0.309 e. The molecule has 0 saturated heterocycles. The van der Waals surface area contributed by atoms with Crippen molar-refractivity contribution >= 4 is 38.9 Å². The molecule has 12 aromatic carbocycles. The predicted octanol–water partition coefficient (Wildman–Crippen LogP) is 18.6. The van der Waals surface area contributed by atoms with Crippen molar-refractivity contribution in [1.29, 1.82) is 0 Å². The molecule has 17 rings (SSSR count). The van der Waals surface area contributed by atoms with E-state index in [0.717, 1.165) is 22.6 Å². The number of hydrogen-bond donors (Lipinski definition) is 0. The van der Waals surface area contributed by atoms with Crippen LogP contribution in [0.1, 0.15) is 44.5 Å². The zero-order chi connectivity index (χ0) is 49.7. The zero-order valence-corrected chi connectivity index (χ0v) is 41.5. The summed E-state index contributed by atoms with van der Waals surface area (Å²) in [6.07, 6.45) is 0. The highest BCUT2D eigenvalue weighted by Crippen LogP contribution is 2.66. The van der Waals surface area contributed by atoms with Gasteiger partial charge in [-0.2, -0.15) is 0 Å². The van der Waals surface area contributed by atoms with Crippen LogP contribution in [0.4, 0.5) is 17.1 Å². The van der Waals surface area contributed by atoms with Gasteiger partial charge in [0.25, 0.3) is 0 Å². The lowest BCUT2D eigenvalue weighted by Gasteiger charge is -2.39. The summed E-state index contributed by atoms with van der Waals surface area (Å²) in [5, 5.41) is 2.46. The van der Waals surface area contributed by atoms with E-state index >= 15 is 0 Å². The molecule has 1 aromatic heterocycles. The van der Waals surface area contributed by atoms with Crippen LogP contribution in [0, 0.1) is 0 Å². The van der Waals surface area contributed by atoms with Crippen LogP contribution in [-0.2, 0) is 10.8 Å². The van der Waals surface area contributed by atoms with Crippen LogP contribution in [0.5, 0.6) is 0 Å². The summed E-state index contributed by atoms with van der Waals surface area (Å²) in [5.74, 6) is 0. The zero-order valence-electron chi connectivity index (χ0n) is 41.5. The Morgan fingerprint density at radius 1 is 0.276 bits per heavy atom. The van der Waals surface area contributed by atoms with Gasteiger partial charge in [-0.05, 0) is 125 Å². The normalized spacial score (nSPS) is 14.0. The first-order valence-electron chi connectivity index (χ1n) is 26.6. The fourth-order valence-corrected chi connectivity index (χ4v) is 14.9. The minimum absolute atomic E-state index is 0.487. The van der Waals surface area contributed by atoms with E-state index < -0.39 is 10.8 Å². The molecule has 2 heterocycles.